The number of aliphatic hydroxyl groups excluding tert-OH is 2. The van der Waals surface area contributed by atoms with Crippen molar-refractivity contribution in [2.24, 2.45) is 5.92 Å². The number of rotatable bonds is 9. The zero-order valence-electron chi connectivity index (χ0n) is 20.4. The van der Waals surface area contributed by atoms with E-state index in [4.69, 9.17) is 4.74 Å². The van der Waals surface area contributed by atoms with Gasteiger partial charge in [-0.2, -0.15) is 0 Å². The summed E-state index contributed by atoms with van der Waals surface area (Å²) in [6, 6.07) is 12.9. The predicted octanol–water partition coefficient (Wildman–Crippen LogP) is 4.66. The van der Waals surface area contributed by atoms with Crippen LogP contribution >= 0.6 is 0 Å². The normalized spacial score (nSPS) is 15.0. The van der Waals surface area contributed by atoms with E-state index in [9.17, 15) is 15.3 Å². The fourth-order valence-corrected chi connectivity index (χ4v) is 4.63. The third-order valence-corrected chi connectivity index (χ3v) is 7.32. The second-order valence-electron chi connectivity index (χ2n) is 9.48. The molecule has 0 amide bonds. The summed E-state index contributed by atoms with van der Waals surface area (Å²) in [4.78, 5) is 0. The van der Waals surface area contributed by atoms with E-state index in [1.54, 1.807) is 0 Å². The Bertz CT molecular complexity index is 1000. The molecule has 0 spiro atoms. The maximum atomic E-state index is 10.3. The van der Waals surface area contributed by atoms with Crippen LogP contribution in [0.2, 0.25) is 0 Å². The quantitative estimate of drug-likeness (QED) is 0.486. The van der Waals surface area contributed by atoms with Crippen molar-refractivity contribution in [2.45, 2.75) is 70.8 Å². The summed E-state index contributed by atoms with van der Waals surface area (Å²) in [6.07, 6.45) is 4.51. The summed E-state index contributed by atoms with van der Waals surface area (Å²) >= 11 is 0. The number of hydrogen-bond acceptors (Lipinski definition) is 4. The molecule has 4 nitrogen and oxygen atoms in total. The van der Waals surface area contributed by atoms with Crippen molar-refractivity contribution >= 4 is 0 Å². The highest BCUT2D eigenvalue weighted by molar-refractivity contribution is 5.50. The third-order valence-electron chi connectivity index (χ3n) is 7.32. The number of aliphatic hydroxyl groups is 3. The molecule has 0 atom stereocenters. The fraction of sp³-hybridized carbons (Fsp3) is 0.517. The molecule has 2 aromatic rings. The molecule has 4 heteroatoms. The van der Waals surface area contributed by atoms with Crippen molar-refractivity contribution in [2.75, 3.05) is 19.8 Å². The lowest BCUT2D eigenvalue weighted by Crippen LogP contribution is -2.34. The highest BCUT2D eigenvalue weighted by Crippen LogP contribution is 2.41. The molecule has 0 saturated heterocycles. The van der Waals surface area contributed by atoms with Gasteiger partial charge in [0.2, 0.25) is 0 Å². The van der Waals surface area contributed by atoms with Gasteiger partial charge in [-0.25, -0.2) is 0 Å². The molecule has 0 radical (unpaired) electrons. The zero-order valence-corrected chi connectivity index (χ0v) is 20.4. The summed E-state index contributed by atoms with van der Waals surface area (Å²) in [7, 11) is 0. The molecule has 2 aromatic carbocycles. The van der Waals surface area contributed by atoms with Gasteiger partial charge in [-0.3, -0.25) is 0 Å². The molecular formula is C29H38O4. The van der Waals surface area contributed by atoms with Crippen molar-refractivity contribution in [1.29, 1.82) is 0 Å². The van der Waals surface area contributed by atoms with Crippen LogP contribution in [0.5, 0.6) is 5.75 Å². The molecule has 1 saturated carbocycles. The van der Waals surface area contributed by atoms with Gasteiger partial charge in [-0.15, -0.1) is 0 Å². The van der Waals surface area contributed by atoms with Crippen LogP contribution in [0.15, 0.2) is 36.4 Å². The first-order valence-corrected chi connectivity index (χ1v) is 12.1. The molecule has 0 aliphatic heterocycles. The van der Waals surface area contributed by atoms with E-state index in [1.165, 1.54) is 11.1 Å². The molecule has 0 bridgehead atoms. The average molecular weight is 451 g/mol. The van der Waals surface area contributed by atoms with Crippen molar-refractivity contribution in [1.82, 2.24) is 0 Å². The standard InChI is InChI=1S/C29H38O4/c1-5-29(6-2,26-10-11-27(22(4)17-26)33-20-23(18-30)19-31)25-9-8-24(21(3)16-25)12-15-28(32)13-7-14-28/h8-11,16-17,23,30-32H,5-7,13-14,18-20H2,1-4H3. The number of ether oxygens (including phenoxy) is 1. The van der Waals surface area contributed by atoms with Crippen LogP contribution in [0.25, 0.3) is 0 Å². The Balaban J connectivity index is 1.89. The van der Waals surface area contributed by atoms with Gasteiger partial charge in [0.25, 0.3) is 0 Å². The van der Waals surface area contributed by atoms with Gasteiger partial charge in [0.15, 0.2) is 0 Å². The zero-order chi connectivity index (χ0) is 24.1. The van der Waals surface area contributed by atoms with Crippen LogP contribution in [-0.4, -0.2) is 40.7 Å². The van der Waals surface area contributed by atoms with E-state index in [2.05, 4.69) is 62.9 Å². The lowest BCUT2D eigenvalue weighted by molar-refractivity contribution is 0.0240. The molecule has 1 aliphatic rings. The minimum atomic E-state index is -0.794. The van der Waals surface area contributed by atoms with Crippen LogP contribution in [0.1, 0.15) is 73.8 Å². The summed E-state index contributed by atoms with van der Waals surface area (Å²) in [5.74, 6) is 6.79. The Hall–Kier alpha value is -2.32. The fourth-order valence-electron chi connectivity index (χ4n) is 4.63. The van der Waals surface area contributed by atoms with Crippen LogP contribution in [0.3, 0.4) is 0 Å². The maximum absolute atomic E-state index is 10.3. The number of benzene rings is 2. The van der Waals surface area contributed by atoms with Crippen LogP contribution in [0.4, 0.5) is 0 Å². The Morgan fingerprint density at radius 2 is 1.58 bits per heavy atom. The van der Waals surface area contributed by atoms with Crippen molar-refractivity contribution in [3.8, 4) is 17.6 Å². The number of hydrogen-bond donors (Lipinski definition) is 3. The van der Waals surface area contributed by atoms with Gasteiger partial charge in [0, 0.05) is 16.9 Å². The first-order valence-electron chi connectivity index (χ1n) is 12.1. The van der Waals surface area contributed by atoms with Crippen molar-refractivity contribution in [3.05, 3.63) is 64.2 Å². The van der Waals surface area contributed by atoms with Crippen LogP contribution < -0.4 is 4.74 Å². The topological polar surface area (TPSA) is 69.9 Å². The Kier molecular flexibility index (Phi) is 8.23. The van der Waals surface area contributed by atoms with Crippen LogP contribution in [0, 0.1) is 31.6 Å². The van der Waals surface area contributed by atoms with Gasteiger partial charge in [-0.1, -0.05) is 50.0 Å². The molecule has 1 aliphatic carbocycles. The maximum Gasteiger partial charge on any atom is 0.125 e. The van der Waals surface area contributed by atoms with E-state index in [0.29, 0.717) is 0 Å². The Morgan fingerprint density at radius 3 is 2.06 bits per heavy atom. The molecule has 1 fully saturated rings. The van der Waals surface area contributed by atoms with Gasteiger partial charge < -0.3 is 20.1 Å². The lowest BCUT2D eigenvalue weighted by Gasteiger charge is -2.34. The molecule has 178 valence electrons. The minimum absolute atomic E-state index is 0.0958. The van der Waals surface area contributed by atoms with E-state index in [1.807, 2.05) is 13.0 Å². The Labute approximate surface area is 198 Å². The summed E-state index contributed by atoms with van der Waals surface area (Å²) < 4.78 is 5.87. The second kappa shape index (κ2) is 10.7. The molecular weight excluding hydrogens is 412 g/mol. The van der Waals surface area contributed by atoms with Gasteiger partial charge >= 0.3 is 0 Å². The van der Waals surface area contributed by atoms with Gasteiger partial charge in [-0.05, 0) is 80.3 Å². The molecule has 33 heavy (non-hydrogen) atoms. The van der Waals surface area contributed by atoms with Gasteiger partial charge in [0.1, 0.15) is 11.4 Å². The largest absolute Gasteiger partial charge is 0.493 e. The second-order valence-corrected chi connectivity index (χ2v) is 9.48. The first kappa shape index (κ1) is 25.3. The average Bonchev–Trinajstić information content (AvgIpc) is 2.80. The van der Waals surface area contributed by atoms with Crippen molar-refractivity contribution in [3.63, 3.8) is 0 Å². The minimum Gasteiger partial charge on any atom is -0.493 e. The summed E-state index contributed by atoms with van der Waals surface area (Å²) in [5.41, 5.74) is 4.75. The molecule has 0 unspecified atom stereocenters. The molecule has 0 aromatic heterocycles. The van der Waals surface area contributed by atoms with Crippen molar-refractivity contribution < 1.29 is 20.1 Å². The van der Waals surface area contributed by atoms with E-state index in [-0.39, 0.29) is 31.2 Å². The predicted molar refractivity (Wildman–Crippen MR) is 133 cm³/mol. The third kappa shape index (κ3) is 5.44. The number of aryl methyl sites for hydroxylation is 2. The lowest BCUT2D eigenvalue weighted by atomic mass is 9.70. The SMILES string of the molecule is CCC(CC)(c1ccc(C#CC2(O)CCC2)c(C)c1)c1ccc(OCC(CO)CO)c(C)c1. The van der Waals surface area contributed by atoms with E-state index >= 15 is 0 Å². The smallest absolute Gasteiger partial charge is 0.125 e. The first-order chi connectivity index (χ1) is 15.8. The molecule has 3 rings (SSSR count). The van der Waals surface area contributed by atoms with Crippen LogP contribution in [-0.2, 0) is 5.41 Å². The monoisotopic (exact) mass is 450 g/mol. The highest BCUT2D eigenvalue weighted by Gasteiger charge is 2.33. The summed E-state index contributed by atoms with van der Waals surface area (Å²) in [6.45, 7) is 8.68. The summed E-state index contributed by atoms with van der Waals surface area (Å²) in [5, 5.41) is 28.9. The van der Waals surface area contributed by atoms with E-state index in [0.717, 1.165) is 54.5 Å². The van der Waals surface area contributed by atoms with Gasteiger partial charge in [0.05, 0.1) is 19.8 Å². The molecule has 3 N–H and O–H groups in total. The van der Waals surface area contributed by atoms with E-state index < -0.39 is 5.60 Å². The Morgan fingerprint density at radius 1 is 0.970 bits per heavy atom. The highest BCUT2D eigenvalue weighted by atomic mass is 16.5. The molecule has 0 heterocycles.